The van der Waals surface area contributed by atoms with Gasteiger partial charge in [0, 0.05) is 88.3 Å². The first-order valence-electron chi connectivity index (χ1n) is 13.8. The number of aryl methyl sites for hydroxylation is 1. The third-order valence-electron chi connectivity index (χ3n) is 8.31. The number of nitrogens with zero attached hydrogens (tertiary/aromatic N) is 7. The van der Waals surface area contributed by atoms with Crippen molar-refractivity contribution in [3.05, 3.63) is 66.7 Å². The Balaban J connectivity index is 1.61. The fourth-order valence-corrected chi connectivity index (χ4v) is 6.58. The molecule has 0 bridgehead atoms. The zero-order chi connectivity index (χ0) is 29.9. The van der Waals surface area contributed by atoms with Crippen molar-refractivity contribution in [2.75, 3.05) is 46.8 Å². The first-order chi connectivity index (χ1) is 19.5. The molecule has 11 nitrogen and oxygen atoms in total. The van der Waals surface area contributed by atoms with E-state index < -0.39 is 10.2 Å². The van der Waals surface area contributed by atoms with Gasteiger partial charge in [0.25, 0.3) is 0 Å². The number of rotatable bonds is 11. The molecule has 0 aliphatic carbocycles. The fourth-order valence-electron chi connectivity index (χ4n) is 5.65. The predicted octanol–water partition coefficient (Wildman–Crippen LogP) is 3.57. The number of imidazole rings is 1. The summed E-state index contributed by atoms with van der Waals surface area (Å²) in [6.07, 6.45) is 12.1. The molecule has 4 atom stereocenters. The average Bonchev–Trinajstić information content (AvgIpc) is 3.60. The van der Waals surface area contributed by atoms with Crippen molar-refractivity contribution in [3.8, 4) is 11.5 Å². The van der Waals surface area contributed by atoms with Gasteiger partial charge in [-0.2, -0.15) is 17.8 Å². The average molecular weight is 586 g/mol. The Bertz CT molecular complexity index is 1430. The molecule has 1 aliphatic rings. The fraction of sp³-hybridized carbons (Fsp3) is 0.517. The van der Waals surface area contributed by atoms with Crippen LogP contribution in [0.25, 0.3) is 0 Å². The minimum absolute atomic E-state index is 0.225. The third kappa shape index (κ3) is 6.60. The summed E-state index contributed by atoms with van der Waals surface area (Å²) in [5.41, 5.74) is 2.08. The number of hydrogen-bond acceptors (Lipinski definition) is 8. The molecule has 12 heteroatoms. The molecule has 1 saturated heterocycles. The van der Waals surface area contributed by atoms with Crippen molar-refractivity contribution in [1.29, 1.82) is 0 Å². The third-order valence-corrected chi connectivity index (χ3v) is 10.1. The Morgan fingerprint density at radius 3 is 2.34 bits per heavy atom. The highest BCUT2D eigenvalue weighted by Crippen LogP contribution is 2.39. The van der Waals surface area contributed by atoms with Gasteiger partial charge in [-0.15, -0.1) is 0 Å². The molecular weight excluding hydrogens is 542 g/mol. The van der Waals surface area contributed by atoms with Gasteiger partial charge >= 0.3 is 10.2 Å². The molecule has 0 N–H and O–H groups in total. The second-order valence-corrected chi connectivity index (χ2v) is 13.0. The van der Waals surface area contributed by atoms with Crippen LogP contribution in [0, 0.1) is 11.8 Å². The molecule has 0 spiro atoms. The van der Waals surface area contributed by atoms with Crippen molar-refractivity contribution in [2.45, 2.75) is 38.8 Å². The first-order valence-corrected chi connectivity index (χ1v) is 15.2. The summed E-state index contributed by atoms with van der Waals surface area (Å²) < 4.78 is 41.2. The van der Waals surface area contributed by atoms with E-state index in [2.05, 4.69) is 48.2 Å². The molecular formula is C29H43N7O4S. The Morgan fingerprint density at radius 2 is 1.76 bits per heavy atom. The first kappa shape index (κ1) is 30.6. The molecule has 224 valence electrons. The topological polar surface area (TPSA) is 98.0 Å². The van der Waals surface area contributed by atoms with Crippen LogP contribution in [0.5, 0.6) is 11.5 Å². The van der Waals surface area contributed by atoms with Gasteiger partial charge in [-0.05, 0) is 30.9 Å². The molecule has 2 aromatic heterocycles. The van der Waals surface area contributed by atoms with Crippen LogP contribution in [0.4, 0.5) is 5.69 Å². The van der Waals surface area contributed by atoms with Crippen LogP contribution in [0.15, 0.2) is 55.3 Å². The van der Waals surface area contributed by atoms with Crippen LogP contribution in [0.2, 0.25) is 0 Å². The van der Waals surface area contributed by atoms with Gasteiger partial charge in [0.05, 0.1) is 27.0 Å². The van der Waals surface area contributed by atoms with E-state index in [0.717, 1.165) is 18.7 Å². The number of likely N-dealkylation sites (tertiary alicyclic amines) is 1. The number of anilines is 1. The standard InChI is InChI=1S/C29H43N7O4S/c1-21-22(2)28(33(5)19-27(21)23-17-31-34(6)18-23)10-9-12-35(24-14-25(39-7)16-26(15-24)40-8)20-29-30-11-13-36(29)41(37,38)32(3)4/h9,11-18,21-22,27-28H,10,19-20H2,1-8H3. The van der Waals surface area contributed by atoms with E-state index >= 15 is 0 Å². The highest BCUT2D eigenvalue weighted by Gasteiger charge is 2.37. The number of methoxy groups -OCH3 is 2. The molecule has 41 heavy (non-hydrogen) atoms. The van der Waals surface area contributed by atoms with Crippen LogP contribution in [0.3, 0.4) is 0 Å². The summed E-state index contributed by atoms with van der Waals surface area (Å²) in [4.78, 5) is 8.81. The maximum atomic E-state index is 12.9. The van der Waals surface area contributed by atoms with E-state index in [4.69, 9.17) is 9.47 Å². The summed E-state index contributed by atoms with van der Waals surface area (Å²) in [6, 6.07) is 5.96. The lowest BCUT2D eigenvalue weighted by atomic mass is 9.72. The second-order valence-electron chi connectivity index (χ2n) is 11.0. The Labute approximate surface area is 244 Å². The number of ether oxygens (including phenoxy) is 2. The molecule has 0 radical (unpaired) electrons. The SMILES string of the molecule is COc1cc(OC)cc(N(C=CCC2C(C)C(C)C(c3cnn(C)c3)CN2C)Cc2nccn2S(=O)(=O)N(C)C)c1. The highest BCUT2D eigenvalue weighted by molar-refractivity contribution is 7.87. The van der Waals surface area contributed by atoms with Gasteiger partial charge in [0.15, 0.2) is 0 Å². The maximum Gasteiger partial charge on any atom is 0.308 e. The monoisotopic (exact) mass is 585 g/mol. The summed E-state index contributed by atoms with van der Waals surface area (Å²) in [5, 5.41) is 4.40. The molecule has 3 heterocycles. The molecule has 1 fully saturated rings. The van der Waals surface area contributed by atoms with Crippen molar-refractivity contribution in [3.63, 3.8) is 0 Å². The van der Waals surface area contributed by atoms with Crippen molar-refractivity contribution in [1.82, 2.24) is 27.9 Å². The zero-order valence-electron chi connectivity index (χ0n) is 25.3. The molecule has 1 aromatic carbocycles. The smallest absolute Gasteiger partial charge is 0.308 e. The van der Waals surface area contributed by atoms with Crippen LogP contribution < -0.4 is 14.4 Å². The molecule has 0 saturated carbocycles. The lowest BCUT2D eigenvalue weighted by Gasteiger charge is -2.45. The number of hydrogen-bond donors (Lipinski definition) is 0. The molecule has 1 aliphatic heterocycles. The normalized spacial score (nSPS) is 22.0. The van der Waals surface area contributed by atoms with Crippen LogP contribution in [0.1, 0.15) is 37.6 Å². The highest BCUT2D eigenvalue weighted by atomic mass is 32.2. The molecule has 3 aromatic rings. The Morgan fingerprint density at radius 1 is 1.07 bits per heavy atom. The molecule has 0 amide bonds. The number of likely N-dealkylation sites (N-methyl/N-ethyl adjacent to an activating group) is 1. The molecule has 4 rings (SSSR count). The lowest BCUT2D eigenvalue weighted by Crippen LogP contribution is -2.48. The maximum absolute atomic E-state index is 12.9. The number of piperidine rings is 1. The zero-order valence-corrected chi connectivity index (χ0v) is 26.1. The summed E-state index contributed by atoms with van der Waals surface area (Å²) in [6.45, 7) is 5.86. The van der Waals surface area contributed by atoms with E-state index in [1.54, 1.807) is 14.2 Å². The number of aromatic nitrogens is 4. The van der Waals surface area contributed by atoms with E-state index in [0.29, 0.717) is 41.1 Å². The van der Waals surface area contributed by atoms with Gasteiger partial charge in [-0.1, -0.05) is 19.9 Å². The predicted molar refractivity (Wildman–Crippen MR) is 160 cm³/mol. The quantitative estimate of drug-likeness (QED) is 0.337. The summed E-state index contributed by atoms with van der Waals surface area (Å²) in [5.74, 6) is 3.05. The van der Waals surface area contributed by atoms with E-state index in [9.17, 15) is 8.42 Å². The van der Waals surface area contributed by atoms with Crippen LogP contribution in [-0.4, -0.2) is 84.3 Å². The second kappa shape index (κ2) is 12.7. The van der Waals surface area contributed by atoms with Crippen LogP contribution in [-0.2, 0) is 23.8 Å². The van der Waals surface area contributed by atoms with Crippen molar-refractivity contribution in [2.24, 2.45) is 18.9 Å². The van der Waals surface area contributed by atoms with E-state index in [1.165, 1.54) is 40.3 Å². The minimum Gasteiger partial charge on any atom is -0.497 e. The summed E-state index contributed by atoms with van der Waals surface area (Å²) >= 11 is 0. The Hall–Kier alpha value is -3.35. The largest absolute Gasteiger partial charge is 0.497 e. The van der Waals surface area contributed by atoms with Crippen molar-refractivity contribution >= 4 is 15.9 Å². The summed E-state index contributed by atoms with van der Waals surface area (Å²) in [7, 11) is 6.65. The number of benzene rings is 1. The van der Waals surface area contributed by atoms with Gasteiger partial charge in [0.2, 0.25) is 0 Å². The van der Waals surface area contributed by atoms with Gasteiger partial charge in [0.1, 0.15) is 17.3 Å². The van der Waals surface area contributed by atoms with Gasteiger partial charge in [-0.25, -0.2) is 8.96 Å². The van der Waals surface area contributed by atoms with E-state index in [1.807, 2.05) is 47.2 Å². The van der Waals surface area contributed by atoms with Gasteiger partial charge < -0.3 is 19.3 Å². The Kier molecular flexibility index (Phi) is 9.45. The minimum atomic E-state index is -3.73. The van der Waals surface area contributed by atoms with Crippen LogP contribution >= 0.6 is 0 Å². The van der Waals surface area contributed by atoms with Gasteiger partial charge in [-0.3, -0.25) is 4.68 Å². The lowest BCUT2D eigenvalue weighted by molar-refractivity contribution is 0.0694. The molecule has 4 unspecified atom stereocenters. The van der Waals surface area contributed by atoms with E-state index in [-0.39, 0.29) is 6.54 Å². The van der Waals surface area contributed by atoms with Crippen molar-refractivity contribution < 1.29 is 17.9 Å².